The molecule has 136 valence electrons. The third kappa shape index (κ3) is 534. The Morgan fingerprint density at radius 2 is 0.864 bits per heavy atom. The summed E-state index contributed by atoms with van der Waals surface area (Å²) >= 11 is 0. The molecule has 0 saturated heterocycles. The van der Waals surface area contributed by atoms with Crippen molar-refractivity contribution in [3.63, 3.8) is 0 Å². The number of hydrogen-bond acceptors (Lipinski definition) is 1. The number of rotatable bonds is 3. The second kappa shape index (κ2) is 18.3. The van der Waals surface area contributed by atoms with Crippen LogP contribution in [0.15, 0.2) is 0 Å². The maximum atomic E-state index is 9.75. The second-order valence-electron chi connectivity index (χ2n) is 2.94. The van der Waals surface area contributed by atoms with Gasteiger partial charge in [0.05, 0.1) is 0 Å². The molecule has 0 aromatic rings. The molecular formula is C5H14B3F12KN-3. The number of unbranched alkanes of at least 4 members (excludes halogenated alkanes) is 1. The minimum atomic E-state index is -6.00. The summed E-state index contributed by atoms with van der Waals surface area (Å²) in [4.78, 5) is 0. The van der Waals surface area contributed by atoms with Gasteiger partial charge in [-0.25, -0.2) is 0 Å². The molecule has 0 heterocycles. The van der Waals surface area contributed by atoms with Crippen LogP contribution in [0.1, 0.15) is 21.2 Å². The topological polar surface area (TPSA) is 12.0 Å². The Kier molecular flexibility index (Phi) is 28.5. The molecule has 0 unspecified atom stereocenters. The molecular weight excluding hydrogens is 374 g/mol. The minimum Gasteiger partial charge on any atom is -1.00 e. The standard InChI is InChI=1S/C5H13N.3BF4.K.H/c1-3-4-5-6-2;3*2-1(3,4)5;;/h6H,3-5H2,1-2H3;;;;;/q;3*-1;+1;-1. The van der Waals surface area contributed by atoms with E-state index in [0.717, 1.165) is 6.54 Å². The monoisotopic (exact) mass is 388 g/mol. The Balaban J connectivity index is -0.0000000408. The normalized spacial score (nSPS) is 10.6. The van der Waals surface area contributed by atoms with Crippen molar-refractivity contribution in [2.24, 2.45) is 0 Å². The Morgan fingerprint density at radius 1 is 0.682 bits per heavy atom. The van der Waals surface area contributed by atoms with Crippen molar-refractivity contribution in [2.45, 2.75) is 19.8 Å². The molecule has 0 aromatic heterocycles. The van der Waals surface area contributed by atoms with Gasteiger partial charge in [0.25, 0.3) is 0 Å². The van der Waals surface area contributed by atoms with Gasteiger partial charge < -0.3 is 58.5 Å². The van der Waals surface area contributed by atoms with Crippen LogP contribution in [0.25, 0.3) is 0 Å². The fourth-order valence-corrected chi connectivity index (χ4v) is 0.354. The van der Waals surface area contributed by atoms with Crippen LogP contribution in [0.2, 0.25) is 0 Å². The average Bonchev–Trinajstić information content (AvgIpc) is 2.06. The van der Waals surface area contributed by atoms with E-state index in [2.05, 4.69) is 12.2 Å². The van der Waals surface area contributed by atoms with Crippen molar-refractivity contribution < 1.29 is 105 Å². The summed E-state index contributed by atoms with van der Waals surface area (Å²) in [6.45, 7) is 3.36. The fraction of sp³-hybridized carbons (Fsp3) is 1.00. The average molecular weight is 388 g/mol. The van der Waals surface area contributed by atoms with E-state index in [9.17, 15) is 51.8 Å². The molecule has 17 heteroatoms. The van der Waals surface area contributed by atoms with Crippen molar-refractivity contribution in [1.29, 1.82) is 0 Å². The maximum absolute atomic E-state index is 9.75. The van der Waals surface area contributed by atoms with Crippen LogP contribution in [0.3, 0.4) is 0 Å². The zero-order chi connectivity index (χ0) is 18.3. The van der Waals surface area contributed by atoms with Gasteiger partial charge >= 0.3 is 73.1 Å². The van der Waals surface area contributed by atoms with Gasteiger partial charge in [0.15, 0.2) is 0 Å². The van der Waals surface area contributed by atoms with Crippen molar-refractivity contribution in [2.75, 3.05) is 13.6 Å². The first-order chi connectivity index (χ1) is 8.91. The van der Waals surface area contributed by atoms with Gasteiger partial charge in [-0.3, -0.25) is 0 Å². The summed E-state index contributed by atoms with van der Waals surface area (Å²) in [5.41, 5.74) is 0. The first kappa shape index (κ1) is 34.3. The van der Waals surface area contributed by atoms with E-state index in [4.69, 9.17) is 0 Å². The molecule has 0 atom stereocenters. The molecule has 0 bridgehead atoms. The van der Waals surface area contributed by atoms with Crippen molar-refractivity contribution in [3.05, 3.63) is 0 Å². The van der Waals surface area contributed by atoms with Crippen LogP contribution in [-0.2, 0) is 0 Å². The summed E-state index contributed by atoms with van der Waals surface area (Å²) in [6, 6.07) is 0. The van der Waals surface area contributed by atoms with Crippen molar-refractivity contribution >= 4 is 21.8 Å². The first-order valence-electron chi connectivity index (χ1n) is 5.18. The number of hydrogen-bond donors (Lipinski definition) is 1. The van der Waals surface area contributed by atoms with E-state index < -0.39 is 21.8 Å². The Hall–Kier alpha value is 0.951. The Labute approximate surface area is 164 Å². The second-order valence-corrected chi connectivity index (χ2v) is 2.94. The summed E-state index contributed by atoms with van der Waals surface area (Å²) in [5.74, 6) is 0. The predicted octanol–water partition coefficient (Wildman–Crippen LogP) is 2.02. The van der Waals surface area contributed by atoms with Gasteiger partial charge in [0, 0.05) is 0 Å². The van der Waals surface area contributed by atoms with Gasteiger partial charge in [-0.05, 0) is 20.0 Å². The molecule has 0 fully saturated rings. The largest absolute Gasteiger partial charge is 1.00 e. The summed E-state index contributed by atoms with van der Waals surface area (Å²) < 4.78 is 117. The van der Waals surface area contributed by atoms with Crippen LogP contribution in [-0.4, -0.2) is 35.4 Å². The van der Waals surface area contributed by atoms with E-state index in [1.54, 1.807) is 0 Å². The first-order valence-corrected chi connectivity index (χ1v) is 5.18. The van der Waals surface area contributed by atoms with Crippen molar-refractivity contribution in [1.82, 2.24) is 5.32 Å². The van der Waals surface area contributed by atoms with Crippen LogP contribution in [0, 0.1) is 0 Å². The summed E-state index contributed by atoms with van der Waals surface area (Å²) in [7, 11) is -16.0. The van der Waals surface area contributed by atoms with Crippen LogP contribution >= 0.6 is 0 Å². The fourth-order valence-electron chi connectivity index (χ4n) is 0.354. The molecule has 0 rings (SSSR count). The molecule has 1 N–H and O–H groups in total. The third-order valence-electron chi connectivity index (χ3n) is 0.780. The van der Waals surface area contributed by atoms with E-state index in [-0.39, 0.29) is 52.8 Å². The molecule has 22 heavy (non-hydrogen) atoms. The molecule has 1 nitrogen and oxygen atoms in total. The zero-order valence-corrected chi connectivity index (χ0v) is 15.0. The summed E-state index contributed by atoms with van der Waals surface area (Å²) in [6.07, 6.45) is 2.59. The van der Waals surface area contributed by atoms with Gasteiger partial charge in [-0.2, -0.15) is 0 Å². The SMILES string of the molecule is CCCCNC.F[B-](F)(F)F.F[B-](F)(F)F.F[B-](F)(F)F.[H-].[K+]. The van der Waals surface area contributed by atoms with Crippen LogP contribution in [0.4, 0.5) is 51.8 Å². The van der Waals surface area contributed by atoms with E-state index >= 15 is 0 Å². The van der Waals surface area contributed by atoms with Gasteiger partial charge in [-0.1, -0.05) is 13.3 Å². The van der Waals surface area contributed by atoms with E-state index in [1.165, 1.54) is 12.8 Å². The predicted molar refractivity (Wildman–Crippen MR) is 60.5 cm³/mol. The van der Waals surface area contributed by atoms with Crippen LogP contribution < -0.4 is 56.7 Å². The molecule has 0 spiro atoms. The summed E-state index contributed by atoms with van der Waals surface area (Å²) in [5, 5.41) is 3.07. The van der Waals surface area contributed by atoms with Crippen LogP contribution in [0.5, 0.6) is 0 Å². The molecule has 0 aromatic carbocycles. The van der Waals surface area contributed by atoms with E-state index in [1.807, 2.05) is 7.05 Å². The minimum absolute atomic E-state index is 0. The Bertz CT molecular complexity index is 162. The molecule has 0 saturated carbocycles. The van der Waals surface area contributed by atoms with Gasteiger partial charge in [-0.15, -0.1) is 0 Å². The molecule has 0 amide bonds. The number of nitrogens with one attached hydrogen (secondary N) is 1. The molecule has 0 aliphatic rings. The molecule has 0 aliphatic heterocycles. The van der Waals surface area contributed by atoms with Gasteiger partial charge in [0.1, 0.15) is 0 Å². The molecule has 0 radical (unpaired) electrons. The van der Waals surface area contributed by atoms with Crippen molar-refractivity contribution in [3.8, 4) is 0 Å². The van der Waals surface area contributed by atoms with Gasteiger partial charge in [0.2, 0.25) is 0 Å². The third-order valence-corrected chi connectivity index (χ3v) is 0.780. The van der Waals surface area contributed by atoms with E-state index in [0.29, 0.717) is 0 Å². The number of halogens is 12. The maximum Gasteiger partial charge on any atom is 1.00 e. The molecule has 0 aliphatic carbocycles. The quantitative estimate of drug-likeness (QED) is 0.444. The zero-order valence-electron chi connectivity index (χ0n) is 12.9. The smallest absolute Gasteiger partial charge is 1.00 e. The Morgan fingerprint density at radius 3 is 0.909 bits per heavy atom.